The maximum absolute atomic E-state index is 12.8. The Bertz CT molecular complexity index is 256. The molecule has 0 bridgehead atoms. The minimum Gasteiger partial charge on any atom is -0.342 e. The minimum atomic E-state index is 0.257. The lowest BCUT2D eigenvalue weighted by molar-refractivity contribution is -0.136. The van der Waals surface area contributed by atoms with Crippen molar-refractivity contribution in [3.63, 3.8) is 0 Å². The van der Waals surface area contributed by atoms with E-state index < -0.39 is 0 Å². The van der Waals surface area contributed by atoms with E-state index in [1.54, 1.807) is 0 Å². The summed E-state index contributed by atoms with van der Waals surface area (Å²) in [5.74, 6) is 1.33. The standard InChI is InChI=1S/C17H34N2O/c1-4-8-16(9-5-2)17(20)19(12-6-3)14-15-10-7-11-18-13-15/h15-16,18H,4-14H2,1-3H3. The number of carbonyl (C=O) groups is 1. The van der Waals surface area contributed by atoms with Crippen molar-refractivity contribution in [3.05, 3.63) is 0 Å². The fourth-order valence-electron chi connectivity index (χ4n) is 3.30. The average Bonchev–Trinajstić information content (AvgIpc) is 2.47. The number of carbonyl (C=O) groups excluding carboxylic acids is 1. The second-order valence-corrected chi connectivity index (χ2v) is 6.27. The molecule has 0 aromatic heterocycles. The van der Waals surface area contributed by atoms with Crippen LogP contribution in [-0.2, 0) is 4.79 Å². The molecule has 118 valence electrons. The Balaban J connectivity index is 2.58. The monoisotopic (exact) mass is 282 g/mol. The topological polar surface area (TPSA) is 32.3 Å². The van der Waals surface area contributed by atoms with Crippen LogP contribution in [0.3, 0.4) is 0 Å². The van der Waals surface area contributed by atoms with Crippen LogP contribution in [0.25, 0.3) is 0 Å². The summed E-state index contributed by atoms with van der Waals surface area (Å²) in [7, 11) is 0. The third-order valence-electron chi connectivity index (χ3n) is 4.31. The van der Waals surface area contributed by atoms with Crippen LogP contribution in [0.5, 0.6) is 0 Å². The van der Waals surface area contributed by atoms with Gasteiger partial charge in [0.25, 0.3) is 0 Å². The third-order valence-corrected chi connectivity index (χ3v) is 4.31. The molecule has 0 radical (unpaired) electrons. The van der Waals surface area contributed by atoms with Crippen LogP contribution in [-0.4, -0.2) is 37.0 Å². The van der Waals surface area contributed by atoms with E-state index in [0.29, 0.717) is 11.8 Å². The van der Waals surface area contributed by atoms with E-state index in [0.717, 1.165) is 58.3 Å². The van der Waals surface area contributed by atoms with Crippen molar-refractivity contribution in [2.75, 3.05) is 26.2 Å². The van der Waals surface area contributed by atoms with Gasteiger partial charge in [0, 0.05) is 19.0 Å². The summed E-state index contributed by atoms with van der Waals surface area (Å²) in [6, 6.07) is 0. The van der Waals surface area contributed by atoms with E-state index in [-0.39, 0.29) is 5.92 Å². The van der Waals surface area contributed by atoms with Gasteiger partial charge in [-0.15, -0.1) is 0 Å². The van der Waals surface area contributed by atoms with E-state index in [1.165, 1.54) is 12.8 Å². The Morgan fingerprint density at radius 1 is 1.20 bits per heavy atom. The van der Waals surface area contributed by atoms with Crippen LogP contribution in [0, 0.1) is 11.8 Å². The second-order valence-electron chi connectivity index (χ2n) is 6.27. The van der Waals surface area contributed by atoms with Crippen LogP contribution in [0.1, 0.15) is 65.7 Å². The lowest BCUT2D eigenvalue weighted by Gasteiger charge is -2.32. The molecule has 3 nitrogen and oxygen atoms in total. The summed E-state index contributed by atoms with van der Waals surface area (Å²) in [6.45, 7) is 10.7. The highest BCUT2D eigenvalue weighted by molar-refractivity contribution is 5.78. The first kappa shape index (κ1) is 17.5. The van der Waals surface area contributed by atoms with Crippen molar-refractivity contribution < 1.29 is 4.79 Å². The van der Waals surface area contributed by atoms with Crippen molar-refractivity contribution >= 4 is 5.91 Å². The quantitative estimate of drug-likeness (QED) is 0.702. The molecule has 0 aromatic rings. The number of hydrogen-bond donors (Lipinski definition) is 1. The van der Waals surface area contributed by atoms with Gasteiger partial charge in [-0.25, -0.2) is 0 Å². The molecule has 20 heavy (non-hydrogen) atoms. The average molecular weight is 282 g/mol. The van der Waals surface area contributed by atoms with Crippen LogP contribution < -0.4 is 5.32 Å². The Morgan fingerprint density at radius 3 is 2.40 bits per heavy atom. The summed E-state index contributed by atoms with van der Waals surface area (Å²) < 4.78 is 0. The zero-order valence-corrected chi connectivity index (χ0v) is 13.8. The predicted molar refractivity (Wildman–Crippen MR) is 85.8 cm³/mol. The van der Waals surface area contributed by atoms with Crippen LogP contribution in [0.4, 0.5) is 0 Å². The molecule has 1 rings (SSSR count). The fraction of sp³-hybridized carbons (Fsp3) is 0.941. The van der Waals surface area contributed by atoms with E-state index >= 15 is 0 Å². The number of piperidine rings is 1. The van der Waals surface area contributed by atoms with Crippen molar-refractivity contribution in [2.24, 2.45) is 11.8 Å². The molecule has 1 atom stereocenters. The van der Waals surface area contributed by atoms with Crippen molar-refractivity contribution in [3.8, 4) is 0 Å². The van der Waals surface area contributed by atoms with Gasteiger partial charge in [-0.1, -0.05) is 33.6 Å². The summed E-state index contributed by atoms with van der Waals surface area (Å²) in [4.78, 5) is 15.0. The minimum absolute atomic E-state index is 0.257. The molecule has 3 heteroatoms. The predicted octanol–water partition coefficient (Wildman–Crippen LogP) is 3.44. The van der Waals surface area contributed by atoms with E-state index in [1.807, 2.05) is 0 Å². The second kappa shape index (κ2) is 10.2. The maximum Gasteiger partial charge on any atom is 0.225 e. The highest BCUT2D eigenvalue weighted by atomic mass is 16.2. The van der Waals surface area contributed by atoms with Crippen molar-refractivity contribution in [1.82, 2.24) is 10.2 Å². The SMILES string of the molecule is CCCC(CCC)C(=O)N(CCC)CC1CCCNC1. The number of nitrogens with one attached hydrogen (secondary N) is 1. The molecule has 1 aliphatic heterocycles. The normalized spacial score (nSPS) is 19.3. The first-order chi connectivity index (χ1) is 9.72. The molecule has 0 aliphatic carbocycles. The number of hydrogen-bond acceptors (Lipinski definition) is 2. The van der Waals surface area contributed by atoms with E-state index in [2.05, 4.69) is 31.0 Å². The lowest BCUT2D eigenvalue weighted by Crippen LogP contribution is -2.43. The Hall–Kier alpha value is -0.570. The van der Waals surface area contributed by atoms with Crippen LogP contribution >= 0.6 is 0 Å². The van der Waals surface area contributed by atoms with Gasteiger partial charge in [0.1, 0.15) is 0 Å². The van der Waals surface area contributed by atoms with E-state index in [9.17, 15) is 4.79 Å². The lowest BCUT2D eigenvalue weighted by atomic mass is 9.94. The molecule has 0 saturated carbocycles. The summed E-state index contributed by atoms with van der Waals surface area (Å²) in [6.07, 6.45) is 7.92. The van der Waals surface area contributed by atoms with Crippen LogP contribution in [0.2, 0.25) is 0 Å². The summed E-state index contributed by atoms with van der Waals surface area (Å²) in [5, 5.41) is 3.46. The highest BCUT2D eigenvalue weighted by Gasteiger charge is 2.25. The summed E-state index contributed by atoms with van der Waals surface area (Å²) >= 11 is 0. The molecule has 1 heterocycles. The smallest absolute Gasteiger partial charge is 0.225 e. The Labute approximate surface area is 125 Å². The van der Waals surface area contributed by atoms with Gasteiger partial charge in [0.15, 0.2) is 0 Å². The third kappa shape index (κ3) is 5.82. The van der Waals surface area contributed by atoms with Crippen molar-refractivity contribution in [1.29, 1.82) is 0 Å². The molecule has 1 fully saturated rings. The first-order valence-electron chi connectivity index (χ1n) is 8.72. The molecule has 1 unspecified atom stereocenters. The van der Waals surface area contributed by atoms with Gasteiger partial charge in [0.2, 0.25) is 5.91 Å². The zero-order valence-electron chi connectivity index (χ0n) is 13.8. The number of nitrogens with zero attached hydrogens (tertiary/aromatic N) is 1. The first-order valence-corrected chi connectivity index (χ1v) is 8.72. The largest absolute Gasteiger partial charge is 0.342 e. The maximum atomic E-state index is 12.8. The van der Waals surface area contributed by atoms with Gasteiger partial charge in [-0.3, -0.25) is 4.79 Å². The van der Waals surface area contributed by atoms with Gasteiger partial charge in [-0.05, 0) is 51.1 Å². The fourth-order valence-corrected chi connectivity index (χ4v) is 3.30. The molecular weight excluding hydrogens is 248 g/mol. The Morgan fingerprint density at radius 2 is 1.90 bits per heavy atom. The van der Waals surface area contributed by atoms with Gasteiger partial charge in [0.05, 0.1) is 0 Å². The van der Waals surface area contributed by atoms with E-state index in [4.69, 9.17) is 0 Å². The summed E-state index contributed by atoms with van der Waals surface area (Å²) in [5.41, 5.74) is 0. The molecule has 1 aliphatic rings. The molecule has 1 saturated heterocycles. The van der Waals surface area contributed by atoms with Crippen LogP contribution in [0.15, 0.2) is 0 Å². The molecular formula is C17H34N2O. The zero-order chi connectivity index (χ0) is 14.8. The molecule has 0 spiro atoms. The molecule has 0 aromatic carbocycles. The van der Waals surface area contributed by atoms with Gasteiger partial charge in [-0.2, -0.15) is 0 Å². The highest BCUT2D eigenvalue weighted by Crippen LogP contribution is 2.19. The van der Waals surface area contributed by atoms with Crippen molar-refractivity contribution in [2.45, 2.75) is 65.7 Å². The number of amides is 1. The number of rotatable bonds is 9. The molecule has 1 amide bonds. The molecule has 1 N–H and O–H groups in total. The Kier molecular flexibility index (Phi) is 8.92. The van der Waals surface area contributed by atoms with Gasteiger partial charge < -0.3 is 10.2 Å². The van der Waals surface area contributed by atoms with Gasteiger partial charge >= 0.3 is 0 Å².